The Bertz CT molecular complexity index is 1370. The zero-order valence-corrected chi connectivity index (χ0v) is 20.3. The third-order valence-electron chi connectivity index (χ3n) is 6.08. The zero-order chi connectivity index (χ0) is 27.4. The van der Waals surface area contributed by atoms with E-state index in [9.17, 15) is 30.7 Å². The molecule has 4 rings (SSSR count). The van der Waals surface area contributed by atoms with Crippen molar-refractivity contribution in [3.05, 3.63) is 113 Å². The van der Waals surface area contributed by atoms with Crippen molar-refractivity contribution in [1.82, 2.24) is 0 Å². The number of hydrogen-bond donors (Lipinski definition) is 0. The van der Waals surface area contributed by atoms with Gasteiger partial charge in [0.15, 0.2) is 17.5 Å². The molecule has 1 nitrogen and oxygen atoms in total. The van der Waals surface area contributed by atoms with Crippen molar-refractivity contribution in [3.8, 4) is 28.0 Å². The van der Waals surface area contributed by atoms with Crippen LogP contribution >= 0.6 is 0 Å². The second-order valence-electron chi connectivity index (χ2n) is 8.88. The van der Waals surface area contributed by atoms with Crippen LogP contribution in [-0.2, 0) is 12.8 Å². The van der Waals surface area contributed by atoms with E-state index >= 15 is 0 Å². The first-order valence-electron chi connectivity index (χ1n) is 12.0. The summed E-state index contributed by atoms with van der Waals surface area (Å²) < 4.78 is 102. The fourth-order valence-corrected chi connectivity index (χ4v) is 4.10. The average Bonchev–Trinajstić information content (AvgIpc) is 2.87. The topological polar surface area (TPSA) is 9.23 Å². The Labute approximate surface area is 215 Å². The number of hydrogen-bond acceptors (Lipinski definition) is 1. The molecule has 0 amide bonds. The standard InChI is InChI=1S/C30H23F7O/c1-2-3-18-4-6-19(7-5-18)20-8-10-21(11-9-20)22-14-25(31)24(26(32)15-22)12-13-30(36,37)38-23-16-27(33)29(35)28(34)17-23/h4-11,14-17H,2-3,12-13H2,1H3. The van der Waals surface area contributed by atoms with Gasteiger partial charge < -0.3 is 4.74 Å². The van der Waals surface area contributed by atoms with Crippen molar-refractivity contribution >= 4 is 0 Å². The second-order valence-corrected chi connectivity index (χ2v) is 8.88. The van der Waals surface area contributed by atoms with Gasteiger partial charge in [-0.05, 0) is 52.8 Å². The Kier molecular flexibility index (Phi) is 8.09. The van der Waals surface area contributed by atoms with Crippen molar-refractivity contribution in [2.45, 2.75) is 38.7 Å². The summed E-state index contributed by atoms with van der Waals surface area (Å²) >= 11 is 0. The Hall–Kier alpha value is -3.81. The van der Waals surface area contributed by atoms with E-state index < -0.39 is 59.3 Å². The Morgan fingerprint density at radius 2 is 1.08 bits per heavy atom. The van der Waals surface area contributed by atoms with Crippen molar-refractivity contribution in [2.75, 3.05) is 0 Å². The van der Waals surface area contributed by atoms with E-state index in [-0.39, 0.29) is 17.7 Å². The molecule has 0 aromatic heterocycles. The lowest BCUT2D eigenvalue weighted by atomic mass is 9.97. The SMILES string of the molecule is CCCc1ccc(-c2ccc(-c3cc(F)c(CCC(F)(F)Oc4cc(F)c(F)c(F)c4)c(F)c3)cc2)cc1. The van der Waals surface area contributed by atoms with Crippen LogP contribution in [0.4, 0.5) is 30.7 Å². The van der Waals surface area contributed by atoms with Gasteiger partial charge in [0.1, 0.15) is 17.4 Å². The van der Waals surface area contributed by atoms with Gasteiger partial charge >= 0.3 is 6.11 Å². The predicted molar refractivity (Wildman–Crippen MR) is 131 cm³/mol. The van der Waals surface area contributed by atoms with E-state index in [4.69, 9.17) is 0 Å². The van der Waals surface area contributed by atoms with Crippen LogP contribution in [0, 0.1) is 29.1 Å². The number of rotatable bonds is 9. The summed E-state index contributed by atoms with van der Waals surface area (Å²) in [5, 5.41) is 0. The molecule has 0 bridgehead atoms. The first-order valence-corrected chi connectivity index (χ1v) is 12.0. The molecule has 38 heavy (non-hydrogen) atoms. The molecule has 0 fully saturated rings. The summed E-state index contributed by atoms with van der Waals surface area (Å²) in [6, 6.07) is 17.8. The summed E-state index contributed by atoms with van der Waals surface area (Å²) in [4.78, 5) is 0. The molecule has 198 valence electrons. The molecule has 0 unspecified atom stereocenters. The van der Waals surface area contributed by atoms with E-state index in [0.29, 0.717) is 5.56 Å². The summed E-state index contributed by atoms with van der Waals surface area (Å²) in [7, 11) is 0. The van der Waals surface area contributed by atoms with Crippen LogP contribution in [0.15, 0.2) is 72.8 Å². The normalized spacial score (nSPS) is 11.6. The van der Waals surface area contributed by atoms with Gasteiger partial charge in [0.05, 0.1) is 6.42 Å². The molecule has 0 aliphatic rings. The Balaban J connectivity index is 1.46. The van der Waals surface area contributed by atoms with Crippen LogP contribution in [0.25, 0.3) is 22.3 Å². The van der Waals surface area contributed by atoms with Crippen LogP contribution in [0.2, 0.25) is 0 Å². The van der Waals surface area contributed by atoms with Gasteiger partial charge in [0, 0.05) is 17.7 Å². The second kappa shape index (κ2) is 11.3. The molecule has 0 spiro atoms. The van der Waals surface area contributed by atoms with E-state index in [2.05, 4.69) is 23.8 Å². The van der Waals surface area contributed by atoms with Crippen LogP contribution in [0.3, 0.4) is 0 Å². The average molecular weight is 532 g/mol. The maximum atomic E-state index is 14.7. The lowest BCUT2D eigenvalue weighted by Gasteiger charge is -2.19. The van der Waals surface area contributed by atoms with Gasteiger partial charge in [0.2, 0.25) is 0 Å². The molecule has 0 atom stereocenters. The number of ether oxygens (including phenoxy) is 1. The zero-order valence-electron chi connectivity index (χ0n) is 20.3. The molecule has 4 aromatic rings. The Morgan fingerprint density at radius 1 is 0.605 bits per heavy atom. The van der Waals surface area contributed by atoms with Crippen molar-refractivity contribution in [1.29, 1.82) is 0 Å². The van der Waals surface area contributed by atoms with Crippen LogP contribution in [-0.4, -0.2) is 6.11 Å². The molecule has 0 saturated carbocycles. The molecule has 0 aliphatic heterocycles. The van der Waals surface area contributed by atoms with Crippen LogP contribution in [0.1, 0.15) is 30.9 Å². The largest absolute Gasteiger partial charge is 0.432 e. The minimum absolute atomic E-state index is 0.230. The van der Waals surface area contributed by atoms with E-state index in [0.717, 1.165) is 36.1 Å². The number of halogens is 7. The van der Waals surface area contributed by atoms with Crippen molar-refractivity contribution in [2.24, 2.45) is 0 Å². The van der Waals surface area contributed by atoms with E-state index in [1.54, 1.807) is 12.1 Å². The molecule has 0 radical (unpaired) electrons. The lowest BCUT2D eigenvalue weighted by Crippen LogP contribution is -2.26. The highest BCUT2D eigenvalue weighted by atomic mass is 19.3. The molecule has 0 heterocycles. The fourth-order valence-electron chi connectivity index (χ4n) is 4.10. The highest BCUT2D eigenvalue weighted by Gasteiger charge is 2.33. The molecular weight excluding hydrogens is 509 g/mol. The predicted octanol–water partition coefficient (Wildman–Crippen LogP) is 9.27. The molecular formula is C30H23F7O. The fraction of sp³-hybridized carbons (Fsp3) is 0.200. The van der Waals surface area contributed by atoms with Crippen molar-refractivity contribution in [3.63, 3.8) is 0 Å². The smallest absolute Gasteiger partial charge is 0.398 e. The van der Waals surface area contributed by atoms with Crippen LogP contribution in [0.5, 0.6) is 5.75 Å². The van der Waals surface area contributed by atoms with Gasteiger partial charge in [-0.15, -0.1) is 0 Å². The van der Waals surface area contributed by atoms with Gasteiger partial charge in [-0.1, -0.05) is 61.9 Å². The van der Waals surface area contributed by atoms with Crippen LogP contribution < -0.4 is 4.74 Å². The highest BCUT2D eigenvalue weighted by molar-refractivity contribution is 5.70. The lowest BCUT2D eigenvalue weighted by molar-refractivity contribution is -0.180. The maximum Gasteiger partial charge on any atom is 0.398 e. The van der Waals surface area contributed by atoms with E-state index in [1.165, 1.54) is 5.56 Å². The summed E-state index contributed by atoms with van der Waals surface area (Å²) in [6.45, 7) is 2.11. The summed E-state index contributed by atoms with van der Waals surface area (Å²) in [5.74, 6) is -8.25. The quantitative estimate of drug-likeness (QED) is 0.154. The minimum Gasteiger partial charge on any atom is -0.432 e. The minimum atomic E-state index is -4.03. The molecule has 0 aliphatic carbocycles. The highest BCUT2D eigenvalue weighted by Crippen LogP contribution is 2.32. The van der Waals surface area contributed by atoms with Gasteiger partial charge in [0.25, 0.3) is 0 Å². The molecule has 8 heteroatoms. The third-order valence-corrected chi connectivity index (χ3v) is 6.08. The number of alkyl halides is 2. The first-order chi connectivity index (χ1) is 18.1. The molecule has 4 aromatic carbocycles. The van der Waals surface area contributed by atoms with Gasteiger partial charge in [-0.2, -0.15) is 8.78 Å². The number of benzene rings is 4. The monoisotopic (exact) mass is 532 g/mol. The van der Waals surface area contributed by atoms with E-state index in [1.807, 2.05) is 24.3 Å². The molecule has 0 saturated heterocycles. The summed E-state index contributed by atoms with van der Waals surface area (Å²) in [6.07, 6.45) is -3.94. The Morgan fingerprint density at radius 3 is 1.58 bits per heavy atom. The summed E-state index contributed by atoms with van der Waals surface area (Å²) in [5.41, 5.74) is 3.35. The third kappa shape index (κ3) is 6.36. The van der Waals surface area contributed by atoms with Crippen molar-refractivity contribution < 1.29 is 35.5 Å². The molecule has 0 N–H and O–H groups in total. The first kappa shape index (κ1) is 27.2. The van der Waals surface area contributed by atoms with Gasteiger partial charge in [-0.3, -0.25) is 0 Å². The maximum absolute atomic E-state index is 14.7. The van der Waals surface area contributed by atoms with Gasteiger partial charge in [-0.25, -0.2) is 22.0 Å². The number of aryl methyl sites for hydroxylation is 1.